The fourth-order valence-electron chi connectivity index (χ4n) is 2.27. The molecule has 0 saturated carbocycles. The van der Waals surface area contributed by atoms with Crippen molar-refractivity contribution in [3.05, 3.63) is 29.1 Å². The van der Waals surface area contributed by atoms with Gasteiger partial charge in [-0.05, 0) is 52.0 Å². The molecule has 0 atom stereocenters. The molecule has 1 aromatic heterocycles. The Labute approximate surface area is 103 Å². The molecule has 0 aromatic carbocycles. The normalized spacial score (nSPS) is 15.5. The number of nitrogens with one attached hydrogen (secondary N) is 1. The van der Waals surface area contributed by atoms with Crippen LogP contribution in [-0.4, -0.2) is 16.5 Å². The Bertz CT molecular complexity index is 390. The molecule has 0 radical (unpaired) electrons. The Hall–Kier alpha value is -1.38. The average molecular weight is 231 g/mol. The van der Waals surface area contributed by atoms with Crippen molar-refractivity contribution in [1.82, 2.24) is 9.97 Å². The SMILES string of the molecule is Cc1cc(C)nc(NCCC2=CCCCC2)n1. The first-order valence-electron chi connectivity index (χ1n) is 6.48. The smallest absolute Gasteiger partial charge is 0.223 e. The number of hydrogen-bond acceptors (Lipinski definition) is 3. The van der Waals surface area contributed by atoms with Crippen LogP contribution in [0.1, 0.15) is 43.5 Å². The number of aryl methyl sites for hydroxylation is 2. The van der Waals surface area contributed by atoms with Crippen LogP contribution in [-0.2, 0) is 0 Å². The third-order valence-electron chi connectivity index (χ3n) is 3.10. The van der Waals surface area contributed by atoms with Gasteiger partial charge in [-0.3, -0.25) is 0 Å². The van der Waals surface area contributed by atoms with Crippen molar-refractivity contribution < 1.29 is 0 Å². The Morgan fingerprint density at radius 1 is 1.18 bits per heavy atom. The minimum Gasteiger partial charge on any atom is -0.354 e. The quantitative estimate of drug-likeness (QED) is 0.807. The highest BCUT2D eigenvalue weighted by molar-refractivity contribution is 5.27. The van der Waals surface area contributed by atoms with Crippen molar-refractivity contribution in [3.63, 3.8) is 0 Å². The molecule has 0 spiro atoms. The van der Waals surface area contributed by atoms with E-state index in [-0.39, 0.29) is 0 Å². The lowest BCUT2D eigenvalue weighted by Crippen LogP contribution is -2.08. The van der Waals surface area contributed by atoms with E-state index in [0.717, 1.165) is 30.3 Å². The first kappa shape index (κ1) is 12.1. The van der Waals surface area contributed by atoms with Gasteiger partial charge in [-0.25, -0.2) is 9.97 Å². The molecular formula is C14H21N3. The standard InChI is InChI=1S/C14H21N3/c1-11-10-12(2)17-14(16-11)15-9-8-13-6-4-3-5-7-13/h6,10H,3-5,7-9H2,1-2H3,(H,15,16,17). The molecule has 0 bridgehead atoms. The Kier molecular flexibility index (Phi) is 4.13. The predicted octanol–water partition coefficient (Wildman–Crippen LogP) is 3.40. The molecule has 1 N–H and O–H groups in total. The minimum atomic E-state index is 0.763. The van der Waals surface area contributed by atoms with Crippen LogP contribution in [0.2, 0.25) is 0 Å². The summed E-state index contributed by atoms with van der Waals surface area (Å²) in [4.78, 5) is 8.75. The minimum absolute atomic E-state index is 0.763. The van der Waals surface area contributed by atoms with Crippen LogP contribution in [0.15, 0.2) is 17.7 Å². The molecule has 1 heterocycles. The van der Waals surface area contributed by atoms with E-state index >= 15 is 0 Å². The highest BCUT2D eigenvalue weighted by Gasteiger charge is 2.04. The first-order valence-corrected chi connectivity index (χ1v) is 6.48. The summed E-state index contributed by atoms with van der Waals surface area (Å²) < 4.78 is 0. The molecule has 0 amide bonds. The summed E-state index contributed by atoms with van der Waals surface area (Å²) in [6.07, 6.45) is 8.76. The molecule has 92 valence electrons. The van der Waals surface area contributed by atoms with Gasteiger partial charge in [-0.1, -0.05) is 11.6 Å². The van der Waals surface area contributed by atoms with Crippen molar-refractivity contribution in [2.24, 2.45) is 0 Å². The van der Waals surface area contributed by atoms with Gasteiger partial charge >= 0.3 is 0 Å². The summed E-state index contributed by atoms with van der Waals surface area (Å²) in [6.45, 7) is 4.95. The van der Waals surface area contributed by atoms with E-state index in [1.54, 1.807) is 5.57 Å². The van der Waals surface area contributed by atoms with E-state index in [9.17, 15) is 0 Å². The second-order valence-electron chi connectivity index (χ2n) is 4.76. The molecular weight excluding hydrogens is 210 g/mol. The topological polar surface area (TPSA) is 37.8 Å². The van der Waals surface area contributed by atoms with Crippen LogP contribution in [0.5, 0.6) is 0 Å². The molecule has 1 aliphatic rings. The highest BCUT2D eigenvalue weighted by atomic mass is 15.1. The van der Waals surface area contributed by atoms with Crippen LogP contribution >= 0.6 is 0 Å². The van der Waals surface area contributed by atoms with Gasteiger partial charge in [0.15, 0.2) is 0 Å². The zero-order chi connectivity index (χ0) is 12.1. The summed E-state index contributed by atoms with van der Waals surface area (Å²) in [5.74, 6) is 0.763. The van der Waals surface area contributed by atoms with Gasteiger partial charge in [-0.15, -0.1) is 0 Å². The molecule has 0 saturated heterocycles. The van der Waals surface area contributed by atoms with Crippen LogP contribution in [0, 0.1) is 13.8 Å². The van der Waals surface area contributed by atoms with Gasteiger partial charge in [0.2, 0.25) is 5.95 Å². The van der Waals surface area contributed by atoms with Crippen LogP contribution < -0.4 is 5.32 Å². The third kappa shape index (κ3) is 3.84. The first-order chi connectivity index (χ1) is 8.24. The lowest BCUT2D eigenvalue weighted by molar-refractivity contribution is 0.679. The van der Waals surface area contributed by atoms with E-state index in [0.29, 0.717) is 0 Å². The average Bonchev–Trinajstić information content (AvgIpc) is 2.29. The molecule has 1 aromatic rings. The monoisotopic (exact) mass is 231 g/mol. The van der Waals surface area contributed by atoms with E-state index < -0.39 is 0 Å². The zero-order valence-corrected chi connectivity index (χ0v) is 10.8. The Morgan fingerprint density at radius 3 is 2.59 bits per heavy atom. The summed E-state index contributed by atoms with van der Waals surface area (Å²) in [5.41, 5.74) is 3.64. The fourth-order valence-corrected chi connectivity index (χ4v) is 2.27. The van der Waals surface area contributed by atoms with E-state index in [1.807, 2.05) is 19.9 Å². The number of aromatic nitrogens is 2. The lowest BCUT2D eigenvalue weighted by atomic mass is 9.97. The van der Waals surface area contributed by atoms with Crippen molar-refractivity contribution >= 4 is 5.95 Å². The van der Waals surface area contributed by atoms with E-state index in [4.69, 9.17) is 0 Å². The molecule has 3 nitrogen and oxygen atoms in total. The van der Waals surface area contributed by atoms with Crippen LogP contribution in [0.25, 0.3) is 0 Å². The maximum absolute atomic E-state index is 4.37. The summed E-state index contributed by atoms with van der Waals surface area (Å²) in [5, 5.41) is 3.31. The Morgan fingerprint density at radius 2 is 1.94 bits per heavy atom. The van der Waals surface area contributed by atoms with Crippen molar-refractivity contribution in [2.75, 3.05) is 11.9 Å². The highest BCUT2D eigenvalue weighted by Crippen LogP contribution is 2.19. The van der Waals surface area contributed by atoms with Gasteiger partial charge < -0.3 is 5.32 Å². The van der Waals surface area contributed by atoms with Gasteiger partial charge in [-0.2, -0.15) is 0 Å². The predicted molar refractivity (Wildman–Crippen MR) is 71.2 cm³/mol. The van der Waals surface area contributed by atoms with Gasteiger partial charge in [0.1, 0.15) is 0 Å². The summed E-state index contributed by atoms with van der Waals surface area (Å²) in [6, 6.07) is 1.99. The largest absolute Gasteiger partial charge is 0.354 e. The maximum Gasteiger partial charge on any atom is 0.223 e. The van der Waals surface area contributed by atoms with E-state index in [2.05, 4.69) is 21.4 Å². The molecule has 3 heteroatoms. The summed E-state index contributed by atoms with van der Waals surface area (Å²) in [7, 11) is 0. The van der Waals surface area contributed by atoms with Gasteiger partial charge in [0.25, 0.3) is 0 Å². The number of rotatable bonds is 4. The molecule has 1 aliphatic carbocycles. The van der Waals surface area contributed by atoms with Crippen molar-refractivity contribution in [1.29, 1.82) is 0 Å². The van der Waals surface area contributed by atoms with Gasteiger partial charge in [0, 0.05) is 17.9 Å². The third-order valence-corrected chi connectivity index (χ3v) is 3.10. The van der Waals surface area contributed by atoms with Crippen molar-refractivity contribution in [2.45, 2.75) is 46.0 Å². The molecule has 2 rings (SSSR count). The fraction of sp³-hybridized carbons (Fsp3) is 0.571. The zero-order valence-electron chi connectivity index (χ0n) is 10.8. The number of hydrogen-bond donors (Lipinski definition) is 1. The molecule has 0 unspecified atom stereocenters. The number of allylic oxidation sites excluding steroid dienone is 1. The summed E-state index contributed by atoms with van der Waals surface area (Å²) >= 11 is 0. The number of nitrogens with zero attached hydrogens (tertiary/aromatic N) is 2. The second kappa shape index (κ2) is 5.80. The maximum atomic E-state index is 4.37. The molecule has 0 aliphatic heterocycles. The van der Waals surface area contributed by atoms with Crippen LogP contribution in [0.3, 0.4) is 0 Å². The lowest BCUT2D eigenvalue weighted by Gasteiger charge is -2.13. The van der Waals surface area contributed by atoms with Gasteiger partial charge in [0.05, 0.1) is 0 Å². The molecule has 17 heavy (non-hydrogen) atoms. The second-order valence-corrected chi connectivity index (χ2v) is 4.76. The number of anilines is 1. The van der Waals surface area contributed by atoms with Crippen molar-refractivity contribution in [3.8, 4) is 0 Å². The van der Waals surface area contributed by atoms with Crippen LogP contribution in [0.4, 0.5) is 5.95 Å². The Balaban J connectivity index is 1.83. The van der Waals surface area contributed by atoms with E-state index in [1.165, 1.54) is 25.7 Å². The molecule has 0 fully saturated rings.